The number of hydrogen-bond donors (Lipinski definition) is 0. The van der Waals surface area contributed by atoms with E-state index < -0.39 is 0 Å². The molecule has 1 heterocycles. The van der Waals surface area contributed by atoms with Gasteiger partial charge in [-0.25, -0.2) is 0 Å². The molecular weight excluding hydrogens is 284 g/mol. The van der Waals surface area contributed by atoms with Gasteiger partial charge in [0.1, 0.15) is 5.78 Å². The van der Waals surface area contributed by atoms with Crippen LogP contribution in [0, 0.1) is 0 Å². The van der Waals surface area contributed by atoms with Gasteiger partial charge in [-0.05, 0) is 19.8 Å². The monoisotopic (exact) mass is 312 g/mol. The molecule has 0 aromatic carbocycles. The molecule has 120 valence electrons. The molecule has 0 fully saturated rings. The lowest BCUT2D eigenvalue weighted by molar-refractivity contribution is -0.118. The molecular formula is C17H29ClN2O. The van der Waals surface area contributed by atoms with E-state index in [1.165, 1.54) is 25.7 Å². The maximum atomic E-state index is 12.1. The molecule has 1 rings (SSSR count). The Labute approximate surface area is 134 Å². The predicted molar refractivity (Wildman–Crippen MR) is 89.0 cm³/mol. The minimum atomic E-state index is 0.282. The third-order valence-corrected chi connectivity index (χ3v) is 4.30. The second-order valence-corrected chi connectivity index (χ2v) is 5.99. The molecule has 0 saturated carbocycles. The number of nitrogens with zero attached hydrogens (tertiary/aromatic N) is 2. The van der Waals surface area contributed by atoms with Gasteiger partial charge in [-0.1, -0.05) is 57.6 Å². The first kappa shape index (κ1) is 18.2. The molecule has 1 aromatic heterocycles. The van der Waals surface area contributed by atoms with Crippen LogP contribution in [0.25, 0.3) is 0 Å². The normalized spacial score (nSPS) is 11.0. The lowest BCUT2D eigenvalue weighted by atomic mass is 10.1. The van der Waals surface area contributed by atoms with E-state index >= 15 is 0 Å². The van der Waals surface area contributed by atoms with Crippen molar-refractivity contribution in [1.29, 1.82) is 0 Å². The van der Waals surface area contributed by atoms with Crippen molar-refractivity contribution in [2.75, 3.05) is 0 Å². The number of carbonyl (C=O) groups is 1. The van der Waals surface area contributed by atoms with Gasteiger partial charge in [0, 0.05) is 19.4 Å². The van der Waals surface area contributed by atoms with Crippen LogP contribution in [-0.4, -0.2) is 15.6 Å². The summed E-state index contributed by atoms with van der Waals surface area (Å²) in [6.45, 7) is 7.05. The highest BCUT2D eigenvalue weighted by atomic mass is 35.5. The van der Waals surface area contributed by atoms with Crippen LogP contribution in [0.1, 0.15) is 77.1 Å². The molecule has 0 amide bonds. The summed E-state index contributed by atoms with van der Waals surface area (Å²) in [5.41, 5.74) is 1.80. The maximum absolute atomic E-state index is 12.1. The van der Waals surface area contributed by atoms with Crippen molar-refractivity contribution in [2.24, 2.45) is 0 Å². The van der Waals surface area contributed by atoms with Crippen molar-refractivity contribution in [3.63, 3.8) is 0 Å². The van der Waals surface area contributed by atoms with E-state index in [0.717, 1.165) is 37.2 Å². The summed E-state index contributed by atoms with van der Waals surface area (Å²) in [6, 6.07) is 0. The fraction of sp³-hybridized carbons (Fsp3) is 0.765. The van der Waals surface area contributed by atoms with Crippen molar-refractivity contribution < 1.29 is 4.79 Å². The van der Waals surface area contributed by atoms with E-state index in [4.69, 9.17) is 11.6 Å². The molecule has 0 unspecified atom stereocenters. The van der Waals surface area contributed by atoms with E-state index in [1.807, 2.05) is 18.5 Å². The molecule has 0 radical (unpaired) electrons. The Morgan fingerprint density at radius 3 is 2.38 bits per heavy atom. The molecule has 0 aliphatic rings. The zero-order valence-electron chi connectivity index (χ0n) is 13.8. The molecule has 0 N–H and O–H groups in total. The van der Waals surface area contributed by atoms with Crippen LogP contribution in [0.3, 0.4) is 0 Å². The summed E-state index contributed by atoms with van der Waals surface area (Å²) < 4.78 is 1.88. The van der Waals surface area contributed by atoms with E-state index in [1.54, 1.807) is 0 Å². The number of hydrogen-bond acceptors (Lipinski definition) is 2. The van der Waals surface area contributed by atoms with E-state index in [2.05, 4.69) is 12.0 Å². The Morgan fingerprint density at radius 1 is 1.10 bits per heavy atom. The largest absolute Gasteiger partial charge is 0.299 e. The number of aromatic nitrogens is 2. The first-order valence-electron chi connectivity index (χ1n) is 8.39. The van der Waals surface area contributed by atoms with Crippen LogP contribution in [0.4, 0.5) is 0 Å². The van der Waals surface area contributed by atoms with Crippen LogP contribution in [0.5, 0.6) is 0 Å². The second kappa shape index (κ2) is 9.99. The molecule has 0 aliphatic carbocycles. The maximum Gasteiger partial charge on any atom is 0.138 e. The smallest absolute Gasteiger partial charge is 0.138 e. The van der Waals surface area contributed by atoms with Crippen molar-refractivity contribution in [3.05, 3.63) is 16.4 Å². The van der Waals surface area contributed by atoms with Crippen LogP contribution in [0.2, 0.25) is 5.02 Å². The van der Waals surface area contributed by atoms with Crippen molar-refractivity contribution in [3.8, 4) is 0 Å². The first-order valence-corrected chi connectivity index (χ1v) is 8.77. The van der Waals surface area contributed by atoms with E-state index in [-0.39, 0.29) is 5.78 Å². The SMILES string of the molecule is CCCCCCCCC(=O)Cc1c(Cl)c(CC)nn1CC. The minimum Gasteiger partial charge on any atom is -0.299 e. The summed E-state index contributed by atoms with van der Waals surface area (Å²) in [6.07, 6.45) is 9.16. The Hall–Kier alpha value is -0.830. The van der Waals surface area contributed by atoms with Gasteiger partial charge in [0.25, 0.3) is 0 Å². The molecule has 1 aromatic rings. The van der Waals surface area contributed by atoms with Crippen LogP contribution in [0.15, 0.2) is 0 Å². The molecule has 21 heavy (non-hydrogen) atoms. The molecule has 3 nitrogen and oxygen atoms in total. The van der Waals surface area contributed by atoms with Crippen molar-refractivity contribution >= 4 is 17.4 Å². The average Bonchev–Trinajstić information content (AvgIpc) is 2.79. The average molecular weight is 313 g/mol. The summed E-state index contributed by atoms with van der Waals surface area (Å²) in [5.74, 6) is 0.282. The van der Waals surface area contributed by atoms with Gasteiger partial charge in [-0.2, -0.15) is 5.10 Å². The van der Waals surface area contributed by atoms with E-state index in [9.17, 15) is 4.79 Å². The van der Waals surface area contributed by atoms with Gasteiger partial charge in [-0.15, -0.1) is 0 Å². The number of halogens is 1. The molecule has 0 spiro atoms. The van der Waals surface area contributed by atoms with Gasteiger partial charge >= 0.3 is 0 Å². The zero-order valence-corrected chi connectivity index (χ0v) is 14.5. The van der Waals surface area contributed by atoms with Crippen molar-refractivity contribution in [1.82, 2.24) is 9.78 Å². The number of Topliss-reactive ketones (excluding diaryl/α,β-unsaturated/α-hetero) is 1. The minimum absolute atomic E-state index is 0.282. The molecule has 0 atom stereocenters. The lowest BCUT2D eigenvalue weighted by Crippen LogP contribution is -2.09. The Morgan fingerprint density at radius 2 is 1.76 bits per heavy atom. The number of aryl methyl sites for hydroxylation is 2. The summed E-state index contributed by atoms with van der Waals surface area (Å²) in [5, 5.41) is 5.15. The van der Waals surface area contributed by atoms with Gasteiger partial charge in [0.2, 0.25) is 0 Å². The van der Waals surface area contributed by atoms with Crippen LogP contribution in [-0.2, 0) is 24.2 Å². The fourth-order valence-electron chi connectivity index (χ4n) is 2.56. The van der Waals surface area contributed by atoms with E-state index in [0.29, 0.717) is 17.9 Å². The highest BCUT2D eigenvalue weighted by molar-refractivity contribution is 6.32. The summed E-state index contributed by atoms with van der Waals surface area (Å²) in [4.78, 5) is 12.1. The summed E-state index contributed by atoms with van der Waals surface area (Å²) in [7, 11) is 0. The molecule has 0 aliphatic heterocycles. The second-order valence-electron chi connectivity index (χ2n) is 5.61. The third kappa shape index (κ3) is 5.82. The highest BCUT2D eigenvalue weighted by Gasteiger charge is 2.16. The quantitative estimate of drug-likeness (QED) is 0.540. The number of unbranched alkanes of at least 4 members (excludes halogenated alkanes) is 5. The summed E-state index contributed by atoms with van der Waals surface area (Å²) >= 11 is 6.34. The van der Waals surface area contributed by atoms with Crippen LogP contribution >= 0.6 is 11.6 Å². The lowest BCUT2D eigenvalue weighted by Gasteiger charge is -2.05. The van der Waals surface area contributed by atoms with Crippen molar-refractivity contribution in [2.45, 2.75) is 85.1 Å². The fourth-order valence-corrected chi connectivity index (χ4v) is 2.90. The van der Waals surface area contributed by atoms with Gasteiger partial charge < -0.3 is 0 Å². The zero-order chi connectivity index (χ0) is 15.7. The first-order chi connectivity index (χ1) is 10.1. The molecule has 0 bridgehead atoms. The van der Waals surface area contributed by atoms with Gasteiger partial charge in [-0.3, -0.25) is 9.48 Å². The van der Waals surface area contributed by atoms with Gasteiger partial charge in [0.05, 0.1) is 16.4 Å². The molecule has 4 heteroatoms. The Bertz CT molecular complexity index is 440. The number of rotatable bonds is 11. The van der Waals surface area contributed by atoms with Crippen LogP contribution < -0.4 is 0 Å². The topological polar surface area (TPSA) is 34.9 Å². The number of ketones is 1. The Kier molecular flexibility index (Phi) is 8.67. The predicted octanol–water partition coefficient (Wildman–Crippen LogP) is 4.98. The highest BCUT2D eigenvalue weighted by Crippen LogP contribution is 2.23. The third-order valence-electron chi connectivity index (χ3n) is 3.87. The Balaban J connectivity index is 2.42. The molecule has 0 saturated heterocycles. The number of carbonyl (C=O) groups excluding carboxylic acids is 1. The van der Waals surface area contributed by atoms with Gasteiger partial charge in [0.15, 0.2) is 0 Å². The standard InChI is InChI=1S/C17H29ClN2O/c1-4-7-8-9-10-11-12-14(21)13-16-17(18)15(5-2)19-20(16)6-3/h4-13H2,1-3H3.